The zero-order valence-electron chi connectivity index (χ0n) is 17.6. The van der Waals surface area contributed by atoms with E-state index in [0.717, 1.165) is 33.1 Å². The van der Waals surface area contributed by atoms with Gasteiger partial charge < -0.3 is 18.8 Å². The molecule has 0 aliphatic carbocycles. The molecule has 0 N–H and O–H groups in total. The van der Waals surface area contributed by atoms with Crippen LogP contribution in [0.3, 0.4) is 0 Å². The third-order valence-electron chi connectivity index (χ3n) is 5.25. The topological polar surface area (TPSA) is 88.1 Å². The molecule has 0 fully saturated rings. The van der Waals surface area contributed by atoms with Crippen LogP contribution in [-0.2, 0) is 6.54 Å². The van der Waals surface area contributed by atoms with Crippen molar-refractivity contribution in [2.24, 2.45) is 4.99 Å². The second kappa shape index (κ2) is 8.79. The van der Waals surface area contributed by atoms with Gasteiger partial charge in [0.1, 0.15) is 11.4 Å². The number of nitro benzene ring substituents is 1. The number of nitro groups is 1. The molecule has 0 bridgehead atoms. The fraction of sp³-hybridized carbons (Fsp3) is 0.125. The van der Waals surface area contributed by atoms with Crippen LogP contribution < -0.4 is 19.0 Å². The molecule has 9 heteroatoms. The highest BCUT2D eigenvalue weighted by Gasteiger charge is 2.16. The maximum Gasteiger partial charge on any atom is 0.269 e. The van der Waals surface area contributed by atoms with Gasteiger partial charge >= 0.3 is 0 Å². The first-order chi connectivity index (χ1) is 16.1. The van der Waals surface area contributed by atoms with E-state index < -0.39 is 4.92 Å². The van der Waals surface area contributed by atoms with Gasteiger partial charge in [0.05, 0.1) is 24.3 Å². The molecule has 1 aliphatic rings. The van der Waals surface area contributed by atoms with Crippen LogP contribution in [0.2, 0.25) is 0 Å². The van der Waals surface area contributed by atoms with Gasteiger partial charge in [-0.15, -0.1) is 11.3 Å². The van der Waals surface area contributed by atoms with Gasteiger partial charge in [0.15, 0.2) is 16.3 Å². The first kappa shape index (κ1) is 20.8. The summed E-state index contributed by atoms with van der Waals surface area (Å²) in [5, 5.41) is 13.1. The molecule has 0 saturated carbocycles. The number of aromatic nitrogens is 1. The molecule has 3 aromatic carbocycles. The van der Waals surface area contributed by atoms with Crippen LogP contribution in [0.4, 0.5) is 11.4 Å². The molecule has 1 aliphatic heterocycles. The fourth-order valence-electron chi connectivity index (χ4n) is 3.60. The monoisotopic (exact) mass is 461 g/mol. The maximum atomic E-state index is 11.1. The lowest BCUT2D eigenvalue weighted by Gasteiger charge is -2.11. The molecule has 0 radical (unpaired) electrons. The molecule has 0 saturated heterocycles. The Morgan fingerprint density at radius 2 is 1.88 bits per heavy atom. The van der Waals surface area contributed by atoms with Crippen molar-refractivity contribution in [3.8, 4) is 28.5 Å². The predicted molar refractivity (Wildman–Crippen MR) is 124 cm³/mol. The van der Waals surface area contributed by atoms with Gasteiger partial charge in [-0.3, -0.25) is 10.1 Å². The summed E-state index contributed by atoms with van der Waals surface area (Å²) >= 11 is 1.49. The molecular weight excluding hydrogens is 442 g/mol. The SMILES string of the molecule is COc1ccccc1N=c1scc(-c2ccc([N+](=O)[O-])cc2)n1Cc1ccc2c(c1)OCO2. The largest absolute Gasteiger partial charge is 0.494 e. The van der Waals surface area contributed by atoms with Crippen LogP contribution in [0.5, 0.6) is 17.2 Å². The number of hydrogen-bond donors (Lipinski definition) is 0. The van der Waals surface area contributed by atoms with E-state index in [1.165, 1.54) is 23.5 Å². The summed E-state index contributed by atoms with van der Waals surface area (Å²) in [6.07, 6.45) is 0. The Balaban J connectivity index is 1.62. The third-order valence-corrected chi connectivity index (χ3v) is 6.11. The predicted octanol–water partition coefficient (Wildman–Crippen LogP) is 5.14. The minimum atomic E-state index is -0.402. The molecule has 2 heterocycles. The average Bonchev–Trinajstić information content (AvgIpc) is 3.46. The summed E-state index contributed by atoms with van der Waals surface area (Å²) in [6, 6.07) is 19.9. The zero-order chi connectivity index (χ0) is 22.8. The standard InChI is InChI=1S/C24H19N3O5S/c1-30-21-5-3-2-4-19(21)25-24-26(13-16-6-11-22-23(12-16)32-15-31-22)20(14-33-24)17-7-9-18(10-8-17)27(28)29/h2-12,14H,13,15H2,1H3. The number of methoxy groups -OCH3 is 1. The number of benzene rings is 3. The quantitative estimate of drug-likeness (QED) is 0.293. The second-order valence-corrected chi connectivity index (χ2v) is 8.10. The van der Waals surface area contributed by atoms with Gasteiger partial charge in [-0.05, 0) is 47.5 Å². The average molecular weight is 461 g/mol. The van der Waals surface area contributed by atoms with Crippen molar-refractivity contribution in [3.05, 3.63) is 92.6 Å². The number of non-ortho nitro benzene ring substituents is 1. The van der Waals surface area contributed by atoms with Crippen molar-refractivity contribution in [2.45, 2.75) is 6.54 Å². The Bertz CT molecular complexity index is 1390. The summed E-state index contributed by atoms with van der Waals surface area (Å²) < 4.78 is 18.5. The van der Waals surface area contributed by atoms with Gasteiger partial charge in [0.25, 0.3) is 5.69 Å². The van der Waals surface area contributed by atoms with Crippen LogP contribution in [0.1, 0.15) is 5.56 Å². The summed E-state index contributed by atoms with van der Waals surface area (Å²) in [6.45, 7) is 0.743. The number of thiazole rings is 1. The fourth-order valence-corrected chi connectivity index (χ4v) is 4.52. The lowest BCUT2D eigenvalue weighted by molar-refractivity contribution is -0.384. The molecule has 33 heavy (non-hydrogen) atoms. The van der Waals surface area contributed by atoms with Crippen LogP contribution in [0, 0.1) is 10.1 Å². The Morgan fingerprint density at radius 3 is 2.67 bits per heavy atom. The van der Waals surface area contributed by atoms with Gasteiger partial charge in [-0.25, -0.2) is 4.99 Å². The number of fused-ring (bicyclic) bond motifs is 1. The number of hydrogen-bond acceptors (Lipinski definition) is 7. The Labute approximate surface area is 193 Å². The number of para-hydroxylation sites is 2. The highest BCUT2D eigenvalue weighted by molar-refractivity contribution is 7.07. The smallest absolute Gasteiger partial charge is 0.269 e. The van der Waals surface area contributed by atoms with Crippen LogP contribution in [-0.4, -0.2) is 23.4 Å². The van der Waals surface area contributed by atoms with Gasteiger partial charge in [-0.1, -0.05) is 18.2 Å². The lowest BCUT2D eigenvalue weighted by Crippen LogP contribution is -2.16. The molecule has 4 aromatic rings. The van der Waals surface area contributed by atoms with E-state index in [0.29, 0.717) is 18.0 Å². The molecule has 0 unspecified atom stereocenters. The molecule has 0 amide bonds. The Kier molecular flexibility index (Phi) is 5.54. The van der Waals surface area contributed by atoms with E-state index >= 15 is 0 Å². The van der Waals surface area contributed by atoms with Crippen molar-refractivity contribution in [3.63, 3.8) is 0 Å². The van der Waals surface area contributed by atoms with Gasteiger partial charge in [0, 0.05) is 17.5 Å². The normalized spacial score (nSPS) is 12.7. The number of rotatable bonds is 6. The van der Waals surface area contributed by atoms with E-state index in [-0.39, 0.29) is 12.5 Å². The molecule has 5 rings (SSSR count). The second-order valence-electron chi connectivity index (χ2n) is 7.26. The summed E-state index contributed by atoms with van der Waals surface area (Å²) in [7, 11) is 1.62. The molecule has 1 aromatic heterocycles. The van der Waals surface area contributed by atoms with Crippen molar-refractivity contribution in [1.29, 1.82) is 0 Å². The van der Waals surface area contributed by atoms with E-state index in [1.807, 2.05) is 47.8 Å². The van der Waals surface area contributed by atoms with Crippen molar-refractivity contribution in [1.82, 2.24) is 4.57 Å². The molecule has 8 nitrogen and oxygen atoms in total. The molecular formula is C24H19N3O5S. The number of nitrogens with zero attached hydrogens (tertiary/aromatic N) is 3. The first-order valence-corrected chi connectivity index (χ1v) is 11.0. The summed E-state index contributed by atoms with van der Waals surface area (Å²) in [5.41, 5.74) is 3.55. The Morgan fingerprint density at radius 1 is 1.09 bits per heavy atom. The van der Waals surface area contributed by atoms with Crippen LogP contribution in [0.15, 0.2) is 77.1 Å². The Hall–Kier alpha value is -4.11. The summed E-state index contributed by atoms with van der Waals surface area (Å²) in [5.74, 6) is 2.12. The minimum Gasteiger partial charge on any atom is -0.494 e. The van der Waals surface area contributed by atoms with Crippen LogP contribution in [0.25, 0.3) is 11.3 Å². The third kappa shape index (κ3) is 4.18. The van der Waals surface area contributed by atoms with Crippen molar-refractivity contribution < 1.29 is 19.1 Å². The van der Waals surface area contributed by atoms with Crippen LogP contribution >= 0.6 is 11.3 Å². The van der Waals surface area contributed by atoms with E-state index in [2.05, 4.69) is 4.57 Å². The zero-order valence-corrected chi connectivity index (χ0v) is 18.5. The van der Waals surface area contributed by atoms with E-state index in [4.69, 9.17) is 19.2 Å². The molecule has 166 valence electrons. The van der Waals surface area contributed by atoms with Gasteiger partial charge in [-0.2, -0.15) is 0 Å². The van der Waals surface area contributed by atoms with Crippen molar-refractivity contribution in [2.75, 3.05) is 13.9 Å². The minimum absolute atomic E-state index is 0.0511. The maximum absolute atomic E-state index is 11.1. The first-order valence-electron chi connectivity index (χ1n) is 10.1. The van der Waals surface area contributed by atoms with E-state index in [9.17, 15) is 10.1 Å². The number of ether oxygens (including phenoxy) is 3. The summed E-state index contributed by atoms with van der Waals surface area (Å²) in [4.78, 5) is 16.3. The lowest BCUT2D eigenvalue weighted by atomic mass is 10.1. The molecule has 0 spiro atoms. The highest BCUT2D eigenvalue weighted by Crippen LogP contribution is 2.33. The highest BCUT2D eigenvalue weighted by atomic mass is 32.1. The van der Waals surface area contributed by atoms with E-state index in [1.54, 1.807) is 19.2 Å². The van der Waals surface area contributed by atoms with Gasteiger partial charge in [0.2, 0.25) is 6.79 Å². The van der Waals surface area contributed by atoms with Crippen molar-refractivity contribution >= 4 is 22.7 Å². The molecule has 0 atom stereocenters.